The molecule has 0 spiro atoms. The molecule has 0 aromatic heterocycles. The van der Waals surface area contributed by atoms with Crippen LogP contribution in [0.4, 0.5) is 4.39 Å². The van der Waals surface area contributed by atoms with Crippen molar-refractivity contribution >= 4 is 28.6 Å². The Kier molecular flexibility index (Phi) is 5.30. The van der Waals surface area contributed by atoms with Crippen LogP contribution in [0.1, 0.15) is 53.4 Å². The first-order valence-corrected chi connectivity index (χ1v) is 13.0. The Morgan fingerprint density at radius 2 is 1.94 bits per heavy atom. The Morgan fingerprint density at radius 3 is 2.61 bits per heavy atom. The van der Waals surface area contributed by atoms with Crippen molar-refractivity contribution < 1.29 is 28.6 Å². The summed E-state index contributed by atoms with van der Waals surface area (Å²) in [5, 5.41) is 10.9. The number of alkyl halides is 1. The van der Waals surface area contributed by atoms with Crippen molar-refractivity contribution in [2.75, 3.05) is 6.61 Å². The van der Waals surface area contributed by atoms with Gasteiger partial charge in [-0.15, -0.1) is 0 Å². The molecule has 0 bridgehead atoms. The molecule has 0 radical (unpaired) electrons. The van der Waals surface area contributed by atoms with E-state index in [1.807, 2.05) is 27.7 Å². The average molecular weight is 477 g/mol. The number of halogens is 1. The second-order valence-electron chi connectivity index (χ2n) is 11.5. The average Bonchev–Trinajstić information content (AvgIpc) is 3.25. The van der Waals surface area contributed by atoms with Gasteiger partial charge >= 0.3 is 5.97 Å². The molecule has 5 rings (SSSR count). The largest absolute Gasteiger partial charge is 0.465 e. The number of aliphatic hydroxyl groups excluding tert-OH is 1. The number of ketones is 1. The number of thioether (sulfide) groups is 1. The molecule has 1 heterocycles. The summed E-state index contributed by atoms with van der Waals surface area (Å²) in [7, 11) is 0. The van der Waals surface area contributed by atoms with E-state index in [-0.39, 0.29) is 47.0 Å². The van der Waals surface area contributed by atoms with E-state index in [0.717, 1.165) is 23.8 Å². The molecule has 1 N–H and O–H groups in total. The van der Waals surface area contributed by atoms with Gasteiger partial charge in [-0.05, 0) is 61.5 Å². The van der Waals surface area contributed by atoms with Gasteiger partial charge in [0.1, 0.15) is 5.25 Å². The highest BCUT2D eigenvalue weighted by atomic mass is 32.2. The molecule has 4 aliphatic carbocycles. The van der Waals surface area contributed by atoms with Crippen molar-refractivity contribution in [1.82, 2.24) is 0 Å². The topological polar surface area (TPSA) is 80.7 Å². The molecule has 5 aliphatic rings. The first-order valence-electron chi connectivity index (χ1n) is 12.1. The van der Waals surface area contributed by atoms with Crippen LogP contribution in [0.15, 0.2) is 23.8 Å². The van der Waals surface area contributed by atoms with Gasteiger partial charge in [0.25, 0.3) is 0 Å². The molecule has 6 unspecified atom stereocenters. The fourth-order valence-corrected chi connectivity index (χ4v) is 9.57. The van der Waals surface area contributed by atoms with E-state index in [2.05, 4.69) is 0 Å². The lowest BCUT2D eigenvalue weighted by molar-refractivity contribution is -0.199. The van der Waals surface area contributed by atoms with Gasteiger partial charge < -0.3 is 9.84 Å². The Morgan fingerprint density at radius 1 is 1.21 bits per heavy atom. The maximum Gasteiger partial charge on any atom is 0.319 e. The van der Waals surface area contributed by atoms with Crippen LogP contribution in [0.2, 0.25) is 0 Å². The van der Waals surface area contributed by atoms with Crippen molar-refractivity contribution in [2.24, 2.45) is 40.4 Å². The second kappa shape index (κ2) is 7.51. The Balaban J connectivity index is 1.51. The number of rotatable bonds is 2. The van der Waals surface area contributed by atoms with E-state index in [0.29, 0.717) is 19.4 Å². The fourth-order valence-electron chi connectivity index (χ4n) is 8.27. The Labute approximate surface area is 198 Å². The van der Waals surface area contributed by atoms with Gasteiger partial charge in [-0.2, -0.15) is 0 Å². The number of hydrogen-bond donors (Lipinski definition) is 1. The molecule has 0 amide bonds. The monoisotopic (exact) mass is 476 g/mol. The van der Waals surface area contributed by atoms with Gasteiger partial charge in [0, 0.05) is 23.7 Å². The molecule has 1 saturated heterocycles. The van der Waals surface area contributed by atoms with Crippen LogP contribution in [-0.4, -0.2) is 45.6 Å². The molecule has 4 fully saturated rings. The number of ether oxygens (including phenoxy) is 1. The molecule has 0 aromatic carbocycles. The Bertz CT molecular complexity index is 976. The summed E-state index contributed by atoms with van der Waals surface area (Å²) < 4.78 is 22.3. The molecule has 5 nitrogen and oxygen atoms in total. The quantitative estimate of drug-likeness (QED) is 0.606. The van der Waals surface area contributed by atoms with Crippen molar-refractivity contribution in [2.45, 2.75) is 70.4 Å². The fraction of sp³-hybridized carbons (Fsp3) is 0.731. The highest BCUT2D eigenvalue weighted by Crippen LogP contribution is 2.70. The smallest absolute Gasteiger partial charge is 0.319 e. The van der Waals surface area contributed by atoms with E-state index in [1.165, 1.54) is 6.08 Å². The van der Waals surface area contributed by atoms with Crippen LogP contribution >= 0.6 is 11.8 Å². The van der Waals surface area contributed by atoms with Gasteiger partial charge in [0.2, 0.25) is 0 Å². The summed E-state index contributed by atoms with van der Waals surface area (Å²) in [5.41, 5.74) is -2.72. The SMILES string of the molecule is C[C@@H]1CC2C3C[C@H](C)C4=CC(=O)C=CC4(C)[C@@]3(F)C(O)CC2(C)C1C(=O)S[C@H]1CCOC1=O. The summed E-state index contributed by atoms with van der Waals surface area (Å²) in [4.78, 5) is 37.5. The van der Waals surface area contributed by atoms with Gasteiger partial charge in [-0.3, -0.25) is 14.4 Å². The minimum absolute atomic E-state index is 0.0139. The highest BCUT2D eigenvalue weighted by Gasteiger charge is 2.72. The van der Waals surface area contributed by atoms with Gasteiger partial charge in [0.15, 0.2) is 16.6 Å². The zero-order chi connectivity index (χ0) is 23.9. The predicted molar refractivity (Wildman–Crippen MR) is 123 cm³/mol. The van der Waals surface area contributed by atoms with E-state index in [9.17, 15) is 19.5 Å². The minimum Gasteiger partial charge on any atom is -0.465 e. The van der Waals surface area contributed by atoms with E-state index in [4.69, 9.17) is 4.74 Å². The first-order chi connectivity index (χ1) is 15.4. The summed E-state index contributed by atoms with van der Waals surface area (Å²) in [5.74, 6) is -1.23. The van der Waals surface area contributed by atoms with Crippen LogP contribution in [0.25, 0.3) is 0 Å². The number of carbonyl (C=O) groups is 3. The van der Waals surface area contributed by atoms with Crippen LogP contribution in [-0.2, 0) is 19.1 Å². The molecule has 7 heteroatoms. The van der Waals surface area contributed by atoms with Crippen LogP contribution < -0.4 is 0 Å². The summed E-state index contributed by atoms with van der Waals surface area (Å²) in [6, 6.07) is 0. The molecule has 0 aromatic rings. The van der Waals surface area contributed by atoms with Gasteiger partial charge in [-0.25, -0.2) is 4.39 Å². The van der Waals surface area contributed by atoms with E-state index in [1.54, 1.807) is 12.2 Å². The molecule has 3 saturated carbocycles. The summed E-state index contributed by atoms with van der Waals surface area (Å²) in [6.45, 7) is 8.29. The van der Waals surface area contributed by atoms with Crippen molar-refractivity contribution in [3.05, 3.63) is 23.8 Å². The number of esters is 1. The Hall–Kier alpha value is -1.47. The second-order valence-corrected chi connectivity index (χ2v) is 12.7. The van der Waals surface area contributed by atoms with E-state index < -0.39 is 33.8 Å². The number of allylic oxidation sites excluding steroid dienone is 4. The maximum atomic E-state index is 17.3. The molecule has 10 atom stereocenters. The first kappa shape index (κ1) is 23.3. The highest BCUT2D eigenvalue weighted by molar-refractivity contribution is 8.14. The number of aliphatic hydroxyl groups is 1. The lowest BCUT2D eigenvalue weighted by Gasteiger charge is -2.63. The van der Waals surface area contributed by atoms with Gasteiger partial charge in [0.05, 0.1) is 12.7 Å². The molecular weight excluding hydrogens is 443 g/mol. The molecule has 180 valence electrons. The van der Waals surface area contributed by atoms with Gasteiger partial charge in [-0.1, -0.05) is 44.2 Å². The number of carbonyl (C=O) groups excluding carboxylic acids is 3. The van der Waals surface area contributed by atoms with Crippen LogP contribution in [0.5, 0.6) is 0 Å². The molecule has 33 heavy (non-hydrogen) atoms. The lowest BCUT2D eigenvalue weighted by atomic mass is 9.44. The summed E-state index contributed by atoms with van der Waals surface area (Å²) in [6.07, 6.45) is 5.41. The standard InChI is InChI=1S/C26H33FO5S/c1-13-9-18-17-10-14(2)21(23(31)33-19-6-8-32-22(19)30)24(17,3)12-20(29)26(18,27)25(4)7-5-15(28)11-16(13)25/h5,7,11,13-14,17-21,29H,6,8-10,12H2,1-4H3/t13-,14+,17?,18?,19-,20?,21?,24?,25?,26-/m0/s1. The van der Waals surface area contributed by atoms with Crippen LogP contribution in [0, 0.1) is 40.4 Å². The van der Waals surface area contributed by atoms with Crippen molar-refractivity contribution in [3.63, 3.8) is 0 Å². The zero-order valence-electron chi connectivity index (χ0n) is 19.7. The molecule has 1 aliphatic heterocycles. The third kappa shape index (κ3) is 3.03. The summed E-state index contributed by atoms with van der Waals surface area (Å²) >= 11 is 1.07. The zero-order valence-corrected chi connectivity index (χ0v) is 20.5. The van der Waals surface area contributed by atoms with Crippen LogP contribution in [0.3, 0.4) is 0 Å². The third-order valence-corrected chi connectivity index (χ3v) is 10.9. The normalized spacial score (nSPS) is 50.8. The lowest BCUT2D eigenvalue weighted by Crippen LogP contribution is -2.67. The third-order valence-electron chi connectivity index (χ3n) is 9.71. The van der Waals surface area contributed by atoms with E-state index >= 15 is 4.39 Å². The maximum absolute atomic E-state index is 17.3. The number of hydrogen-bond acceptors (Lipinski definition) is 6. The molecular formula is C26H33FO5S. The number of cyclic esters (lactones) is 1. The van der Waals surface area contributed by atoms with Crippen molar-refractivity contribution in [1.29, 1.82) is 0 Å². The predicted octanol–water partition coefficient (Wildman–Crippen LogP) is 4.04. The minimum atomic E-state index is -1.90. The number of fused-ring (bicyclic) bond motifs is 5. The van der Waals surface area contributed by atoms with Crippen molar-refractivity contribution in [3.8, 4) is 0 Å².